The Labute approximate surface area is 219 Å². The SMILES string of the molecule is COC(=O)c1ccc([C@@H]2c3[nH]c4ccccc4c3C[C@H]3C(=O)N(Cc4cccc(OC)c4)CC(=O)N23)cc1. The van der Waals surface area contributed by atoms with E-state index in [0.717, 1.165) is 33.3 Å². The second-order valence-electron chi connectivity index (χ2n) is 9.65. The Kier molecular flexibility index (Phi) is 5.87. The summed E-state index contributed by atoms with van der Waals surface area (Å²) in [4.78, 5) is 46.6. The van der Waals surface area contributed by atoms with Crippen LogP contribution in [-0.2, 0) is 27.3 Å². The molecule has 0 aliphatic carbocycles. The van der Waals surface area contributed by atoms with Gasteiger partial charge in [0.15, 0.2) is 0 Å². The number of fused-ring (bicyclic) bond motifs is 4. The van der Waals surface area contributed by atoms with Crippen molar-refractivity contribution >= 4 is 28.7 Å². The molecule has 1 saturated heterocycles. The van der Waals surface area contributed by atoms with Crippen LogP contribution in [0.3, 0.4) is 0 Å². The lowest BCUT2D eigenvalue weighted by Gasteiger charge is -2.47. The van der Waals surface area contributed by atoms with E-state index < -0.39 is 18.1 Å². The van der Waals surface area contributed by atoms with Gasteiger partial charge in [-0.1, -0.05) is 42.5 Å². The van der Waals surface area contributed by atoms with Gasteiger partial charge in [0.05, 0.1) is 25.8 Å². The van der Waals surface area contributed by atoms with Crippen molar-refractivity contribution in [3.05, 3.63) is 101 Å². The molecule has 4 aromatic rings. The first-order chi connectivity index (χ1) is 18.5. The number of methoxy groups -OCH3 is 2. The molecule has 6 rings (SSSR count). The number of hydrogen-bond acceptors (Lipinski definition) is 5. The number of aromatic nitrogens is 1. The van der Waals surface area contributed by atoms with Gasteiger partial charge in [0.2, 0.25) is 11.8 Å². The molecule has 2 aliphatic rings. The Morgan fingerprint density at radius 3 is 2.55 bits per heavy atom. The Hall–Kier alpha value is -4.59. The van der Waals surface area contributed by atoms with Crippen LogP contribution in [0.25, 0.3) is 10.9 Å². The van der Waals surface area contributed by atoms with Crippen LogP contribution < -0.4 is 4.74 Å². The molecule has 2 atom stereocenters. The Morgan fingerprint density at radius 1 is 1.00 bits per heavy atom. The number of rotatable bonds is 5. The summed E-state index contributed by atoms with van der Waals surface area (Å²) in [5.41, 5.74) is 5.03. The van der Waals surface area contributed by atoms with Crippen LogP contribution in [0.2, 0.25) is 0 Å². The van der Waals surface area contributed by atoms with Crippen LogP contribution in [0, 0.1) is 0 Å². The number of carbonyl (C=O) groups is 3. The highest BCUT2D eigenvalue weighted by Crippen LogP contribution is 2.42. The van der Waals surface area contributed by atoms with Gasteiger partial charge in [0.25, 0.3) is 0 Å². The lowest BCUT2D eigenvalue weighted by molar-refractivity contribution is -0.159. The highest BCUT2D eigenvalue weighted by molar-refractivity contribution is 5.97. The molecule has 3 aromatic carbocycles. The number of hydrogen-bond donors (Lipinski definition) is 1. The number of para-hydroxylation sites is 1. The number of nitrogens with zero attached hydrogens (tertiary/aromatic N) is 2. The van der Waals surface area contributed by atoms with Gasteiger partial charge in [-0.2, -0.15) is 0 Å². The summed E-state index contributed by atoms with van der Waals surface area (Å²) < 4.78 is 10.2. The fourth-order valence-corrected chi connectivity index (χ4v) is 5.71. The van der Waals surface area contributed by atoms with Crippen LogP contribution in [0.4, 0.5) is 0 Å². The molecule has 192 valence electrons. The molecule has 0 bridgehead atoms. The third-order valence-electron chi connectivity index (χ3n) is 7.50. The second-order valence-corrected chi connectivity index (χ2v) is 9.65. The van der Waals surface area contributed by atoms with E-state index in [1.54, 1.807) is 29.0 Å². The van der Waals surface area contributed by atoms with Crippen LogP contribution in [-0.4, -0.2) is 59.4 Å². The van der Waals surface area contributed by atoms with Gasteiger partial charge < -0.3 is 24.3 Å². The molecule has 0 spiro atoms. The van der Waals surface area contributed by atoms with Crippen LogP contribution in [0.1, 0.15) is 38.8 Å². The number of esters is 1. The van der Waals surface area contributed by atoms with Crippen molar-refractivity contribution < 1.29 is 23.9 Å². The first-order valence-electron chi connectivity index (χ1n) is 12.5. The zero-order chi connectivity index (χ0) is 26.4. The number of amides is 2. The number of H-pyrrole nitrogens is 1. The maximum Gasteiger partial charge on any atom is 0.337 e. The predicted octanol–water partition coefficient (Wildman–Crippen LogP) is 3.85. The standard InChI is InChI=1S/C30H27N3O5/c1-37-21-7-5-6-18(14-21)16-32-17-26(34)33-25(29(32)35)15-23-22-8-3-4-9-24(22)31-27(23)28(33)19-10-12-20(13-11-19)30(36)38-2/h3-14,25,28,31H,15-17H2,1-2H3/t25-,28+/m0/s1. The summed E-state index contributed by atoms with van der Waals surface area (Å²) >= 11 is 0. The third kappa shape index (κ3) is 3.89. The van der Waals surface area contributed by atoms with Gasteiger partial charge in [-0.3, -0.25) is 9.59 Å². The zero-order valence-corrected chi connectivity index (χ0v) is 21.1. The molecule has 2 aliphatic heterocycles. The van der Waals surface area contributed by atoms with Gasteiger partial charge in [0.1, 0.15) is 18.3 Å². The fourth-order valence-electron chi connectivity index (χ4n) is 5.71. The van der Waals surface area contributed by atoms with E-state index in [9.17, 15) is 14.4 Å². The normalized spacial score (nSPS) is 18.8. The molecule has 8 nitrogen and oxygen atoms in total. The molecule has 0 unspecified atom stereocenters. The molecule has 3 heterocycles. The van der Waals surface area contributed by atoms with Crippen molar-refractivity contribution in [3.63, 3.8) is 0 Å². The molecular weight excluding hydrogens is 482 g/mol. The second kappa shape index (κ2) is 9.37. The number of ether oxygens (including phenoxy) is 2. The fraction of sp³-hybridized carbons (Fsp3) is 0.233. The highest BCUT2D eigenvalue weighted by atomic mass is 16.5. The predicted molar refractivity (Wildman–Crippen MR) is 141 cm³/mol. The molecule has 1 aromatic heterocycles. The molecule has 0 radical (unpaired) electrons. The number of aromatic amines is 1. The summed E-state index contributed by atoms with van der Waals surface area (Å²) in [7, 11) is 2.94. The van der Waals surface area contributed by atoms with E-state index >= 15 is 0 Å². The quantitative estimate of drug-likeness (QED) is 0.413. The van der Waals surface area contributed by atoms with Gasteiger partial charge >= 0.3 is 5.97 Å². The third-order valence-corrected chi connectivity index (χ3v) is 7.50. The van der Waals surface area contributed by atoms with E-state index in [-0.39, 0.29) is 18.4 Å². The van der Waals surface area contributed by atoms with Gasteiger partial charge in [-0.05, 0) is 47.0 Å². The van der Waals surface area contributed by atoms with E-state index in [1.807, 2.05) is 60.7 Å². The molecule has 0 saturated carbocycles. The minimum absolute atomic E-state index is 0.0150. The molecule has 38 heavy (non-hydrogen) atoms. The van der Waals surface area contributed by atoms with Crippen LogP contribution >= 0.6 is 0 Å². The summed E-state index contributed by atoms with van der Waals surface area (Å²) in [6.45, 7) is 0.310. The molecule has 2 amide bonds. The van der Waals surface area contributed by atoms with Crippen LogP contribution in [0.5, 0.6) is 5.75 Å². The van der Waals surface area contributed by atoms with Crippen molar-refractivity contribution in [2.75, 3.05) is 20.8 Å². The van der Waals surface area contributed by atoms with Crippen molar-refractivity contribution in [2.45, 2.75) is 25.0 Å². The largest absolute Gasteiger partial charge is 0.497 e. The van der Waals surface area contributed by atoms with Gasteiger partial charge in [-0.25, -0.2) is 4.79 Å². The number of piperazine rings is 1. The molecule has 8 heteroatoms. The first-order valence-corrected chi connectivity index (χ1v) is 12.5. The number of benzene rings is 3. The topological polar surface area (TPSA) is 91.9 Å². The summed E-state index contributed by atoms with van der Waals surface area (Å²) in [6, 6.07) is 21.4. The Morgan fingerprint density at radius 2 is 1.79 bits per heavy atom. The summed E-state index contributed by atoms with van der Waals surface area (Å²) in [6.07, 6.45) is 0.426. The number of nitrogens with one attached hydrogen (secondary N) is 1. The van der Waals surface area contributed by atoms with Gasteiger partial charge in [-0.15, -0.1) is 0 Å². The highest BCUT2D eigenvalue weighted by Gasteiger charge is 2.48. The van der Waals surface area contributed by atoms with Crippen molar-refractivity contribution in [2.24, 2.45) is 0 Å². The smallest absolute Gasteiger partial charge is 0.337 e. The molecule has 1 N–H and O–H groups in total. The molecule has 1 fully saturated rings. The van der Waals surface area contributed by atoms with Crippen molar-refractivity contribution in [1.82, 2.24) is 14.8 Å². The minimum atomic E-state index is -0.640. The molecular formula is C30H27N3O5. The Bertz CT molecular complexity index is 1560. The maximum atomic E-state index is 13.9. The van der Waals surface area contributed by atoms with E-state index in [4.69, 9.17) is 9.47 Å². The van der Waals surface area contributed by atoms with E-state index in [1.165, 1.54) is 7.11 Å². The summed E-state index contributed by atoms with van der Waals surface area (Å²) in [5, 5.41) is 1.04. The first kappa shape index (κ1) is 23.8. The van der Waals surface area contributed by atoms with E-state index in [2.05, 4.69) is 4.98 Å². The van der Waals surface area contributed by atoms with Gasteiger partial charge in [0, 0.05) is 29.6 Å². The summed E-state index contributed by atoms with van der Waals surface area (Å²) in [5.74, 6) is 0.0710. The lowest BCUT2D eigenvalue weighted by Crippen LogP contribution is -2.62. The maximum absolute atomic E-state index is 13.9. The lowest BCUT2D eigenvalue weighted by atomic mass is 9.86. The zero-order valence-electron chi connectivity index (χ0n) is 21.1. The average Bonchev–Trinajstić information content (AvgIpc) is 3.33. The van der Waals surface area contributed by atoms with E-state index in [0.29, 0.717) is 24.3 Å². The Balaban J connectivity index is 1.42. The number of carbonyl (C=O) groups excluding carboxylic acids is 3. The van der Waals surface area contributed by atoms with Crippen molar-refractivity contribution in [3.8, 4) is 5.75 Å². The minimum Gasteiger partial charge on any atom is -0.497 e. The average molecular weight is 510 g/mol. The monoisotopic (exact) mass is 509 g/mol. The van der Waals surface area contributed by atoms with Crippen molar-refractivity contribution in [1.29, 1.82) is 0 Å². The van der Waals surface area contributed by atoms with Crippen LogP contribution in [0.15, 0.2) is 72.8 Å².